The molecule has 1 atom stereocenters. The molecule has 0 saturated heterocycles. The molecule has 0 amide bonds. The van der Waals surface area contributed by atoms with E-state index in [0.717, 1.165) is 6.20 Å². The molecule has 0 spiro atoms. The lowest BCUT2D eigenvalue weighted by Gasteiger charge is -2.27. The highest BCUT2D eigenvalue weighted by atomic mass is 19.1. The van der Waals surface area contributed by atoms with E-state index in [1.165, 1.54) is 6.07 Å². The van der Waals surface area contributed by atoms with Crippen LogP contribution >= 0.6 is 0 Å². The molecule has 0 aromatic carbocycles. The molecule has 0 fully saturated rings. The molecular weight excluding hydrogens is 235 g/mol. The molecule has 4 nitrogen and oxygen atoms in total. The van der Waals surface area contributed by atoms with E-state index in [1.807, 2.05) is 6.92 Å². The molecule has 0 saturated carbocycles. The number of rotatable bonds is 6. The summed E-state index contributed by atoms with van der Waals surface area (Å²) in [6.45, 7) is 1.95. The molecule has 0 aliphatic heterocycles. The Morgan fingerprint density at radius 3 is 2.83 bits per heavy atom. The lowest BCUT2D eigenvalue weighted by Crippen LogP contribution is -2.34. The van der Waals surface area contributed by atoms with Crippen molar-refractivity contribution >= 4 is 5.97 Å². The SMILES string of the molecule is C#CCN(CC(=O)O)C(CC)c1ccc(F)cn1. The third kappa shape index (κ3) is 3.82. The van der Waals surface area contributed by atoms with Crippen LogP contribution in [0.4, 0.5) is 4.39 Å². The lowest BCUT2D eigenvalue weighted by atomic mass is 10.1. The molecule has 1 rings (SSSR count). The molecular formula is C13H15FN2O2. The van der Waals surface area contributed by atoms with Crippen LogP contribution < -0.4 is 0 Å². The molecule has 1 unspecified atom stereocenters. The van der Waals surface area contributed by atoms with Crippen LogP contribution in [0.3, 0.4) is 0 Å². The number of nitrogens with zero attached hydrogens (tertiary/aromatic N) is 2. The predicted molar refractivity (Wildman–Crippen MR) is 65.3 cm³/mol. The molecule has 1 aromatic heterocycles. The number of carboxylic acids is 1. The predicted octanol–water partition coefficient (Wildman–Crippen LogP) is 1.69. The fraction of sp³-hybridized carbons (Fsp3) is 0.385. The number of pyridine rings is 1. The van der Waals surface area contributed by atoms with Crippen molar-refractivity contribution < 1.29 is 14.3 Å². The molecule has 5 heteroatoms. The van der Waals surface area contributed by atoms with E-state index >= 15 is 0 Å². The molecule has 18 heavy (non-hydrogen) atoms. The van der Waals surface area contributed by atoms with Gasteiger partial charge >= 0.3 is 5.97 Å². The summed E-state index contributed by atoms with van der Waals surface area (Å²) in [4.78, 5) is 16.4. The summed E-state index contributed by atoms with van der Waals surface area (Å²) in [5, 5.41) is 8.86. The van der Waals surface area contributed by atoms with Gasteiger partial charge in [0.25, 0.3) is 0 Å². The molecule has 96 valence electrons. The minimum absolute atomic E-state index is 0.165. The van der Waals surface area contributed by atoms with Crippen molar-refractivity contribution in [3.05, 3.63) is 29.8 Å². The van der Waals surface area contributed by atoms with Gasteiger partial charge in [-0.2, -0.15) is 0 Å². The zero-order valence-electron chi connectivity index (χ0n) is 10.1. The number of aromatic nitrogens is 1. The number of halogens is 1. The van der Waals surface area contributed by atoms with E-state index in [-0.39, 0.29) is 19.1 Å². The summed E-state index contributed by atoms with van der Waals surface area (Å²) >= 11 is 0. The second kappa shape index (κ2) is 6.72. The van der Waals surface area contributed by atoms with E-state index in [9.17, 15) is 9.18 Å². The van der Waals surface area contributed by atoms with Crippen LogP contribution in [0.25, 0.3) is 0 Å². The Bertz CT molecular complexity index is 439. The summed E-state index contributed by atoms with van der Waals surface area (Å²) in [6, 6.07) is 2.63. The average molecular weight is 250 g/mol. The van der Waals surface area contributed by atoms with E-state index in [2.05, 4.69) is 10.9 Å². The average Bonchev–Trinajstić information content (AvgIpc) is 2.32. The molecule has 0 aliphatic rings. The summed E-state index contributed by atoms with van der Waals surface area (Å²) < 4.78 is 12.8. The second-order valence-corrected chi connectivity index (χ2v) is 3.83. The number of hydrogen-bond acceptors (Lipinski definition) is 3. The minimum Gasteiger partial charge on any atom is -0.480 e. The highest BCUT2D eigenvalue weighted by molar-refractivity contribution is 5.69. The van der Waals surface area contributed by atoms with Crippen LogP contribution in [0.15, 0.2) is 18.3 Å². The molecule has 1 aromatic rings. The Labute approximate surface area is 105 Å². The first kappa shape index (κ1) is 14.1. The van der Waals surface area contributed by atoms with Crippen molar-refractivity contribution in [2.24, 2.45) is 0 Å². The van der Waals surface area contributed by atoms with Gasteiger partial charge in [-0.3, -0.25) is 14.7 Å². The second-order valence-electron chi connectivity index (χ2n) is 3.83. The van der Waals surface area contributed by atoms with Crippen LogP contribution in [0.2, 0.25) is 0 Å². The number of aliphatic carboxylic acids is 1. The zero-order valence-corrected chi connectivity index (χ0v) is 10.1. The number of terminal acetylenes is 1. The van der Waals surface area contributed by atoms with Gasteiger partial charge in [-0.1, -0.05) is 12.8 Å². The third-order valence-corrected chi connectivity index (χ3v) is 2.55. The first-order valence-electron chi connectivity index (χ1n) is 5.59. The monoisotopic (exact) mass is 250 g/mol. The van der Waals surface area contributed by atoms with Crippen LogP contribution in [0.1, 0.15) is 25.1 Å². The summed E-state index contributed by atoms with van der Waals surface area (Å²) in [7, 11) is 0. The van der Waals surface area contributed by atoms with Gasteiger partial charge < -0.3 is 5.11 Å². The number of carbonyl (C=O) groups is 1. The van der Waals surface area contributed by atoms with Gasteiger partial charge in [-0.05, 0) is 18.6 Å². The Hall–Kier alpha value is -1.93. The summed E-state index contributed by atoms with van der Waals surface area (Å²) in [5.74, 6) is 1.06. The highest BCUT2D eigenvalue weighted by Crippen LogP contribution is 2.21. The van der Waals surface area contributed by atoms with E-state index in [1.54, 1.807) is 11.0 Å². The van der Waals surface area contributed by atoms with Crippen molar-refractivity contribution in [1.82, 2.24) is 9.88 Å². The third-order valence-electron chi connectivity index (χ3n) is 2.55. The maximum atomic E-state index is 12.8. The normalized spacial score (nSPS) is 12.1. The first-order valence-corrected chi connectivity index (χ1v) is 5.59. The van der Waals surface area contributed by atoms with Gasteiger partial charge in [-0.25, -0.2) is 4.39 Å². The van der Waals surface area contributed by atoms with Crippen LogP contribution in [-0.4, -0.2) is 34.0 Å². The van der Waals surface area contributed by atoms with E-state index in [4.69, 9.17) is 11.5 Å². The van der Waals surface area contributed by atoms with Crippen LogP contribution in [0, 0.1) is 18.2 Å². The molecule has 0 radical (unpaired) electrons. The topological polar surface area (TPSA) is 53.4 Å². The Balaban J connectivity index is 2.94. The maximum Gasteiger partial charge on any atom is 0.317 e. The van der Waals surface area contributed by atoms with Gasteiger partial charge in [0.1, 0.15) is 5.82 Å². The molecule has 0 aliphatic carbocycles. The fourth-order valence-electron chi connectivity index (χ4n) is 1.81. The minimum atomic E-state index is -0.953. The van der Waals surface area contributed by atoms with Crippen molar-refractivity contribution in [2.75, 3.05) is 13.1 Å². The molecule has 0 bridgehead atoms. The Morgan fingerprint density at radius 2 is 2.39 bits per heavy atom. The van der Waals surface area contributed by atoms with E-state index < -0.39 is 11.8 Å². The Morgan fingerprint density at radius 1 is 1.67 bits per heavy atom. The van der Waals surface area contributed by atoms with Gasteiger partial charge in [0.2, 0.25) is 0 Å². The van der Waals surface area contributed by atoms with Gasteiger partial charge in [0, 0.05) is 0 Å². The van der Waals surface area contributed by atoms with Crippen LogP contribution in [-0.2, 0) is 4.79 Å². The lowest BCUT2D eigenvalue weighted by molar-refractivity contribution is -0.138. The molecule has 1 heterocycles. The number of hydrogen-bond donors (Lipinski definition) is 1. The standard InChI is InChI=1S/C13H15FN2O2/c1-3-7-16(9-13(17)18)12(4-2)11-6-5-10(14)8-15-11/h1,5-6,8,12H,4,7,9H2,2H3,(H,17,18). The van der Waals surface area contributed by atoms with Gasteiger partial charge in [0.15, 0.2) is 0 Å². The first-order chi connectivity index (χ1) is 8.58. The van der Waals surface area contributed by atoms with Crippen molar-refractivity contribution in [3.63, 3.8) is 0 Å². The summed E-state index contributed by atoms with van der Waals surface area (Å²) in [5.41, 5.74) is 0.621. The van der Waals surface area contributed by atoms with Crippen molar-refractivity contribution in [3.8, 4) is 12.3 Å². The van der Waals surface area contributed by atoms with Crippen molar-refractivity contribution in [2.45, 2.75) is 19.4 Å². The largest absolute Gasteiger partial charge is 0.480 e. The maximum absolute atomic E-state index is 12.8. The zero-order chi connectivity index (χ0) is 13.5. The van der Waals surface area contributed by atoms with Crippen LogP contribution in [0.5, 0.6) is 0 Å². The van der Waals surface area contributed by atoms with E-state index in [0.29, 0.717) is 12.1 Å². The fourth-order valence-corrected chi connectivity index (χ4v) is 1.81. The molecule has 1 N–H and O–H groups in total. The highest BCUT2D eigenvalue weighted by Gasteiger charge is 2.21. The Kier molecular flexibility index (Phi) is 5.28. The van der Waals surface area contributed by atoms with Gasteiger partial charge in [-0.15, -0.1) is 6.42 Å². The number of carboxylic acid groups (broad SMARTS) is 1. The quantitative estimate of drug-likeness (QED) is 0.781. The summed E-state index contributed by atoms with van der Waals surface area (Å²) in [6.07, 6.45) is 7.00. The van der Waals surface area contributed by atoms with Gasteiger partial charge in [0.05, 0.1) is 31.0 Å². The van der Waals surface area contributed by atoms with Crippen molar-refractivity contribution in [1.29, 1.82) is 0 Å². The smallest absolute Gasteiger partial charge is 0.317 e.